The van der Waals surface area contributed by atoms with E-state index in [2.05, 4.69) is 10.4 Å². The lowest BCUT2D eigenvalue weighted by molar-refractivity contribution is -0.0452. The van der Waals surface area contributed by atoms with E-state index in [0.29, 0.717) is 59.5 Å². The number of nitrogens with two attached hydrogens (primary N) is 1. The lowest BCUT2D eigenvalue weighted by atomic mass is 9.87. The van der Waals surface area contributed by atoms with Crippen LogP contribution in [-0.4, -0.2) is 45.6 Å². The topological polar surface area (TPSA) is 93.2 Å². The molecule has 2 aliphatic rings. The van der Waals surface area contributed by atoms with Crippen molar-refractivity contribution in [2.75, 3.05) is 13.1 Å². The number of nitrogens with zero attached hydrogens (tertiary/aromatic N) is 3. The van der Waals surface area contributed by atoms with E-state index >= 15 is 0 Å². The third-order valence-corrected chi connectivity index (χ3v) is 6.82. The molecule has 2 aromatic rings. The summed E-state index contributed by atoms with van der Waals surface area (Å²) >= 11 is 12.1. The number of hydrogen-bond acceptors (Lipinski definition) is 3. The maximum absolute atomic E-state index is 13.3. The van der Waals surface area contributed by atoms with E-state index in [1.54, 1.807) is 27.8 Å². The molecule has 3 N–H and O–H groups in total. The van der Waals surface area contributed by atoms with Gasteiger partial charge in [0.1, 0.15) is 5.69 Å². The minimum absolute atomic E-state index is 0.0383. The monoisotopic (exact) mass is 485 g/mol. The van der Waals surface area contributed by atoms with Crippen molar-refractivity contribution in [3.05, 3.63) is 39.5 Å². The number of carbonyl (C=O) groups excluding carboxylic acids is 2. The second-order valence-electron chi connectivity index (χ2n) is 8.29. The van der Waals surface area contributed by atoms with Crippen LogP contribution in [0.4, 0.5) is 13.6 Å². The molecule has 0 radical (unpaired) electrons. The molecule has 4 rings (SSSR count). The summed E-state index contributed by atoms with van der Waals surface area (Å²) in [7, 11) is 0. The molecule has 32 heavy (non-hydrogen) atoms. The van der Waals surface area contributed by atoms with Crippen molar-refractivity contribution in [3.8, 4) is 11.3 Å². The molecule has 0 atom stereocenters. The molecule has 1 saturated carbocycles. The first-order valence-electron chi connectivity index (χ1n) is 10.4. The molecule has 1 aliphatic carbocycles. The van der Waals surface area contributed by atoms with Gasteiger partial charge in [-0.3, -0.25) is 9.48 Å². The van der Waals surface area contributed by atoms with E-state index in [0.717, 1.165) is 0 Å². The van der Waals surface area contributed by atoms with Crippen molar-refractivity contribution in [2.45, 2.75) is 44.7 Å². The van der Waals surface area contributed by atoms with Gasteiger partial charge in [-0.15, -0.1) is 0 Å². The summed E-state index contributed by atoms with van der Waals surface area (Å²) in [5.74, 6) is -3.21. The number of carbonyl (C=O) groups is 2. The van der Waals surface area contributed by atoms with Gasteiger partial charge in [-0.05, 0) is 30.9 Å². The van der Waals surface area contributed by atoms with Gasteiger partial charge in [0.05, 0.1) is 34.4 Å². The van der Waals surface area contributed by atoms with Gasteiger partial charge in [-0.25, -0.2) is 13.6 Å². The SMILES string of the molecule is NC(=O)c1c(-c2ccc(Cl)c(Cl)c2)nn2c1CN(C(=O)NCC1CCC(F)(F)CC1)CC2. The van der Waals surface area contributed by atoms with Crippen molar-refractivity contribution in [1.82, 2.24) is 20.0 Å². The van der Waals surface area contributed by atoms with Crippen LogP contribution in [-0.2, 0) is 13.1 Å². The minimum Gasteiger partial charge on any atom is -0.365 e. The number of alkyl halides is 2. The molecular weight excluding hydrogens is 463 g/mol. The van der Waals surface area contributed by atoms with Gasteiger partial charge in [0.2, 0.25) is 5.92 Å². The van der Waals surface area contributed by atoms with Gasteiger partial charge < -0.3 is 16.0 Å². The molecule has 1 aliphatic heterocycles. The highest BCUT2D eigenvalue weighted by Crippen LogP contribution is 2.36. The van der Waals surface area contributed by atoms with E-state index in [-0.39, 0.29) is 36.9 Å². The van der Waals surface area contributed by atoms with Crippen molar-refractivity contribution >= 4 is 35.1 Å². The van der Waals surface area contributed by atoms with Gasteiger partial charge in [-0.1, -0.05) is 29.3 Å². The standard InChI is InChI=1S/C21H23Cl2F2N5O2/c22-14-2-1-13(9-15(14)23)18-17(19(26)31)16-11-29(7-8-30(16)28-18)20(32)27-10-12-3-5-21(24,25)6-4-12/h1-2,9,12H,3-8,10-11H2,(H2,26,31)(H,27,32). The van der Waals surface area contributed by atoms with E-state index in [1.807, 2.05) is 0 Å². The Kier molecular flexibility index (Phi) is 6.31. The second-order valence-corrected chi connectivity index (χ2v) is 9.11. The average Bonchev–Trinajstić information content (AvgIpc) is 3.13. The second kappa shape index (κ2) is 8.86. The summed E-state index contributed by atoms with van der Waals surface area (Å²) in [4.78, 5) is 26.5. The molecule has 0 spiro atoms. The number of halogens is 4. The zero-order valence-corrected chi connectivity index (χ0v) is 18.7. The zero-order chi connectivity index (χ0) is 23.0. The summed E-state index contributed by atoms with van der Waals surface area (Å²) in [6.07, 6.45) is 0.490. The van der Waals surface area contributed by atoms with Crippen LogP contribution in [0, 0.1) is 5.92 Å². The van der Waals surface area contributed by atoms with Crippen molar-refractivity contribution < 1.29 is 18.4 Å². The largest absolute Gasteiger partial charge is 0.365 e. The van der Waals surface area contributed by atoms with Crippen LogP contribution in [0.3, 0.4) is 0 Å². The first kappa shape index (κ1) is 22.8. The van der Waals surface area contributed by atoms with Crippen molar-refractivity contribution in [3.63, 3.8) is 0 Å². The lowest BCUT2D eigenvalue weighted by Gasteiger charge is -2.31. The van der Waals surface area contributed by atoms with Crippen LogP contribution < -0.4 is 11.1 Å². The number of fused-ring (bicyclic) bond motifs is 1. The summed E-state index contributed by atoms with van der Waals surface area (Å²) in [5, 5.41) is 8.07. The Morgan fingerprint density at radius 2 is 1.91 bits per heavy atom. The van der Waals surface area contributed by atoms with E-state index in [4.69, 9.17) is 28.9 Å². The molecule has 2 heterocycles. The molecule has 1 aromatic carbocycles. The zero-order valence-electron chi connectivity index (χ0n) is 17.2. The first-order chi connectivity index (χ1) is 15.1. The Morgan fingerprint density at radius 1 is 1.19 bits per heavy atom. The molecule has 1 aromatic heterocycles. The number of primary amides is 1. The lowest BCUT2D eigenvalue weighted by Crippen LogP contribution is -2.46. The highest BCUT2D eigenvalue weighted by Gasteiger charge is 2.35. The van der Waals surface area contributed by atoms with Crippen LogP contribution in [0.25, 0.3) is 11.3 Å². The molecule has 7 nitrogen and oxygen atoms in total. The van der Waals surface area contributed by atoms with Crippen molar-refractivity contribution in [1.29, 1.82) is 0 Å². The fraction of sp³-hybridized carbons (Fsp3) is 0.476. The number of benzene rings is 1. The quantitative estimate of drug-likeness (QED) is 0.675. The van der Waals surface area contributed by atoms with Crippen LogP contribution >= 0.6 is 23.2 Å². The number of aromatic nitrogens is 2. The summed E-state index contributed by atoms with van der Waals surface area (Å²) in [5.41, 5.74) is 7.41. The number of hydrogen-bond donors (Lipinski definition) is 2. The number of rotatable bonds is 4. The molecule has 0 unspecified atom stereocenters. The molecule has 172 valence electrons. The summed E-state index contributed by atoms with van der Waals surface area (Å²) in [6, 6.07) is 4.63. The normalized spacial score (nSPS) is 18.3. The summed E-state index contributed by atoms with van der Waals surface area (Å²) < 4.78 is 28.3. The van der Waals surface area contributed by atoms with Gasteiger partial charge >= 0.3 is 6.03 Å². The van der Waals surface area contributed by atoms with Crippen LogP contribution in [0.1, 0.15) is 41.7 Å². The number of urea groups is 1. The van der Waals surface area contributed by atoms with Gasteiger partial charge in [0, 0.05) is 31.5 Å². The predicted octanol–water partition coefficient (Wildman–Crippen LogP) is 4.31. The highest BCUT2D eigenvalue weighted by molar-refractivity contribution is 6.42. The third kappa shape index (κ3) is 4.68. The van der Waals surface area contributed by atoms with Crippen LogP contribution in [0.2, 0.25) is 10.0 Å². The van der Waals surface area contributed by atoms with Gasteiger partial charge in [-0.2, -0.15) is 5.10 Å². The number of nitrogens with one attached hydrogen (secondary N) is 1. The minimum atomic E-state index is -2.59. The van der Waals surface area contributed by atoms with Crippen LogP contribution in [0.15, 0.2) is 18.2 Å². The Balaban J connectivity index is 1.48. The molecular formula is C21H23Cl2F2N5O2. The maximum Gasteiger partial charge on any atom is 0.317 e. The molecule has 0 bridgehead atoms. The highest BCUT2D eigenvalue weighted by atomic mass is 35.5. The third-order valence-electron chi connectivity index (χ3n) is 6.09. The smallest absolute Gasteiger partial charge is 0.317 e. The average molecular weight is 486 g/mol. The summed E-state index contributed by atoms with van der Waals surface area (Å²) in [6.45, 7) is 1.28. The number of amides is 3. The van der Waals surface area contributed by atoms with Crippen molar-refractivity contribution in [2.24, 2.45) is 11.7 Å². The van der Waals surface area contributed by atoms with Gasteiger partial charge in [0.15, 0.2) is 0 Å². The van der Waals surface area contributed by atoms with Gasteiger partial charge in [0.25, 0.3) is 5.91 Å². The Labute approximate surface area is 193 Å². The van der Waals surface area contributed by atoms with E-state index in [1.165, 1.54) is 0 Å². The maximum atomic E-state index is 13.3. The Morgan fingerprint density at radius 3 is 2.56 bits per heavy atom. The molecule has 11 heteroatoms. The fourth-order valence-corrected chi connectivity index (χ4v) is 4.54. The molecule has 0 saturated heterocycles. The fourth-order valence-electron chi connectivity index (χ4n) is 4.24. The molecule has 3 amide bonds. The van der Waals surface area contributed by atoms with E-state index < -0.39 is 11.8 Å². The van der Waals surface area contributed by atoms with Crippen LogP contribution in [0.5, 0.6) is 0 Å². The predicted molar refractivity (Wildman–Crippen MR) is 117 cm³/mol. The van der Waals surface area contributed by atoms with E-state index in [9.17, 15) is 18.4 Å². The first-order valence-corrected chi connectivity index (χ1v) is 11.2. The Hall–Kier alpha value is -2.39. The Bertz CT molecular complexity index is 1050. The molecule has 1 fully saturated rings.